The number of nitrogens with one attached hydrogen (secondary N) is 1. The van der Waals surface area contributed by atoms with Crippen molar-refractivity contribution in [1.82, 2.24) is 15.1 Å². The van der Waals surface area contributed by atoms with Crippen LogP contribution in [-0.2, 0) is 31.2 Å². The van der Waals surface area contributed by atoms with E-state index in [1.165, 1.54) is 0 Å². The fourth-order valence-corrected chi connectivity index (χ4v) is 3.09. The van der Waals surface area contributed by atoms with E-state index >= 15 is 0 Å². The van der Waals surface area contributed by atoms with Crippen molar-refractivity contribution in [3.63, 3.8) is 0 Å². The Balaban J connectivity index is 1.84. The molecule has 0 unspecified atom stereocenters. The molecule has 0 radical (unpaired) electrons. The molecule has 1 aromatic heterocycles. The Kier molecular flexibility index (Phi) is 7.35. The largest absolute Gasteiger partial charge is 0.437 e. The standard InChI is InChI=1S/C21H11F12N3O2/c22-18(23,24)11-1-3-14(4-2-11)36-16(21(31,32)33)15(9-35-36)38-17(37)34-8-10-5-12(19(25,26)27)7-13(6-10)20(28,29)30/h1-7,9H,8H2,(H,34,37). The Labute approximate surface area is 203 Å². The number of alkyl halides is 12. The Morgan fingerprint density at radius 2 is 1.24 bits per heavy atom. The maximum atomic E-state index is 13.6. The van der Waals surface area contributed by atoms with Crippen molar-refractivity contribution in [1.29, 1.82) is 0 Å². The number of benzene rings is 2. The predicted molar refractivity (Wildman–Crippen MR) is 103 cm³/mol. The Morgan fingerprint density at radius 1 is 0.737 bits per heavy atom. The molecule has 0 saturated heterocycles. The van der Waals surface area contributed by atoms with Gasteiger partial charge in [0.2, 0.25) is 0 Å². The van der Waals surface area contributed by atoms with Gasteiger partial charge in [-0.15, -0.1) is 0 Å². The summed E-state index contributed by atoms with van der Waals surface area (Å²) in [5.74, 6) is -1.24. The smallest absolute Gasteiger partial charge is 0.406 e. The van der Waals surface area contributed by atoms with E-state index in [0.717, 1.165) is 0 Å². The first kappa shape index (κ1) is 28.6. The molecule has 5 nitrogen and oxygen atoms in total. The second-order valence-corrected chi connectivity index (χ2v) is 7.47. The van der Waals surface area contributed by atoms with Gasteiger partial charge in [0.1, 0.15) is 0 Å². The molecule has 0 aliphatic rings. The molecule has 17 heteroatoms. The molecule has 206 valence electrons. The maximum Gasteiger partial charge on any atom is 0.437 e. The molecule has 0 spiro atoms. The topological polar surface area (TPSA) is 56.1 Å². The van der Waals surface area contributed by atoms with Crippen molar-refractivity contribution in [2.45, 2.75) is 31.2 Å². The lowest BCUT2D eigenvalue weighted by Gasteiger charge is -2.15. The summed E-state index contributed by atoms with van der Waals surface area (Å²) in [5, 5.41) is 5.09. The zero-order chi connectivity index (χ0) is 28.7. The number of halogens is 12. The summed E-state index contributed by atoms with van der Waals surface area (Å²) in [6.07, 6.45) is -21.7. The van der Waals surface area contributed by atoms with E-state index in [1.54, 1.807) is 5.32 Å². The van der Waals surface area contributed by atoms with Gasteiger partial charge in [-0.25, -0.2) is 9.48 Å². The first-order chi connectivity index (χ1) is 17.3. The Morgan fingerprint density at radius 3 is 1.68 bits per heavy atom. The number of carbonyl (C=O) groups is 1. The van der Waals surface area contributed by atoms with Crippen molar-refractivity contribution < 1.29 is 62.2 Å². The van der Waals surface area contributed by atoms with Crippen molar-refractivity contribution in [3.05, 3.63) is 76.6 Å². The van der Waals surface area contributed by atoms with Crippen molar-refractivity contribution >= 4 is 6.09 Å². The van der Waals surface area contributed by atoms with Crippen molar-refractivity contribution in [2.24, 2.45) is 0 Å². The molecule has 2 aromatic carbocycles. The van der Waals surface area contributed by atoms with Crippen LogP contribution < -0.4 is 10.1 Å². The molecule has 0 aliphatic carbocycles. The molecule has 1 N–H and O–H groups in total. The number of amides is 1. The average molecular weight is 565 g/mol. The third kappa shape index (κ3) is 6.69. The summed E-state index contributed by atoms with van der Waals surface area (Å²) < 4.78 is 161. The second kappa shape index (κ2) is 9.75. The SMILES string of the molecule is O=C(NCc1cc(C(F)(F)F)cc(C(F)(F)F)c1)Oc1cnn(-c2ccc(C(F)(F)F)cc2)c1C(F)(F)F. The van der Waals surface area contributed by atoms with Crippen molar-refractivity contribution in [3.8, 4) is 11.4 Å². The van der Waals surface area contributed by atoms with Gasteiger partial charge < -0.3 is 10.1 Å². The number of ether oxygens (including phenoxy) is 1. The number of hydrogen-bond donors (Lipinski definition) is 1. The van der Waals surface area contributed by atoms with Crippen LogP contribution in [0, 0.1) is 0 Å². The lowest BCUT2D eigenvalue weighted by atomic mass is 10.0. The van der Waals surface area contributed by atoms with Crippen LogP contribution in [0.1, 0.15) is 27.9 Å². The lowest BCUT2D eigenvalue weighted by Crippen LogP contribution is -2.27. The van der Waals surface area contributed by atoms with Gasteiger partial charge in [0, 0.05) is 6.54 Å². The summed E-state index contributed by atoms with van der Waals surface area (Å²) in [4.78, 5) is 12.0. The van der Waals surface area contributed by atoms with Gasteiger partial charge in [-0.3, -0.25) is 0 Å². The molecule has 0 fully saturated rings. The van der Waals surface area contributed by atoms with E-state index in [0.29, 0.717) is 42.6 Å². The van der Waals surface area contributed by atoms with E-state index in [4.69, 9.17) is 0 Å². The molecule has 3 rings (SSSR count). The molecule has 38 heavy (non-hydrogen) atoms. The van der Waals surface area contributed by atoms with E-state index in [2.05, 4.69) is 9.84 Å². The number of hydrogen-bond acceptors (Lipinski definition) is 3. The fraction of sp³-hybridized carbons (Fsp3) is 0.238. The summed E-state index contributed by atoms with van der Waals surface area (Å²) in [5.41, 5.74) is -7.46. The molecular formula is C21H11F12N3O2. The highest BCUT2D eigenvalue weighted by molar-refractivity contribution is 5.70. The van der Waals surface area contributed by atoms with Gasteiger partial charge in [0.15, 0.2) is 11.4 Å². The number of carbonyl (C=O) groups excluding carboxylic acids is 1. The van der Waals surface area contributed by atoms with Crippen LogP contribution in [0.5, 0.6) is 5.75 Å². The van der Waals surface area contributed by atoms with Gasteiger partial charge in [-0.05, 0) is 48.0 Å². The van der Waals surface area contributed by atoms with E-state index < -0.39 is 76.7 Å². The van der Waals surface area contributed by atoms with Crippen molar-refractivity contribution in [2.75, 3.05) is 0 Å². The molecular weight excluding hydrogens is 554 g/mol. The molecule has 1 amide bonds. The van der Waals surface area contributed by atoms with Crippen LogP contribution >= 0.6 is 0 Å². The summed E-state index contributed by atoms with van der Waals surface area (Å²) in [7, 11) is 0. The van der Waals surface area contributed by atoms with Gasteiger partial charge in [-0.1, -0.05) is 0 Å². The van der Waals surface area contributed by atoms with Gasteiger partial charge >= 0.3 is 30.8 Å². The monoisotopic (exact) mass is 565 g/mol. The first-order valence-corrected chi connectivity index (χ1v) is 9.83. The van der Waals surface area contributed by atoms with E-state index in [1.807, 2.05) is 0 Å². The predicted octanol–water partition coefficient (Wildman–Crippen LogP) is 7.24. The van der Waals surface area contributed by atoms with Gasteiger partial charge in [0.05, 0.1) is 28.6 Å². The summed E-state index contributed by atoms with van der Waals surface area (Å²) in [6.45, 7) is -1.000. The number of aromatic nitrogens is 2. The molecule has 3 aromatic rings. The minimum absolute atomic E-state index is 0.130. The minimum atomic E-state index is -5.27. The molecule has 0 aliphatic heterocycles. The summed E-state index contributed by atoms with van der Waals surface area (Å²) >= 11 is 0. The van der Waals surface area contributed by atoms with Crippen LogP contribution in [0.25, 0.3) is 5.69 Å². The van der Waals surface area contributed by atoms with Gasteiger partial charge in [-0.2, -0.15) is 57.8 Å². The van der Waals surface area contributed by atoms with Crippen LogP contribution in [-0.4, -0.2) is 15.9 Å². The molecule has 0 saturated carbocycles. The van der Waals surface area contributed by atoms with Crippen LogP contribution in [0.2, 0.25) is 0 Å². The average Bonchev–Trinajstić information content (AvgIpc) is 3.20. The third-order valence-corrected chi connectivity index (χ3v) is 4.73. The van der Waals surface area contributed by atoms with E-state index in [-0.39, 0.29) is 10.7 Å². The highest BCUT2D eigenvalue weighted by Crippen LogP contribution is 2.39. The van der Waals surface area contributed by atoms with Crippen LogP contribution in [0.15, 0.2) is 48.7 Å². The maximum absolute atomic E-state index is 13.6. The van der Waals surface area contributed by atoms with E-state index in [9.17, 15) is 57.5 Å². The highest BCUT2D eigenvalue weighted by atomic mass is 19.4. The second-order valence-electron chi connectivity index (χ2n) is 7.47. The Bertz CT molecular complexity index is 1270. The molecule has 1 heterocycles. The van der Waals surface area contributed by atoms with Gasteiger partial charge in [0.25, 0.3) is 0 Å². The normalized spacial score (nSPS) is 12.9. The van der Waals surface area contributed by atoms with Crippen LogP contribution in [0.4, 0.5) is 57.5 Å². The Hall–Kier alpha value is -3.92. The molecule has 0 atom stereocenters. The van der Waals surface area contributed by atoms with Crippen LogP contribution in [0.3, 0.4) is 0 Å². The number of rotatable bonds is 4. The lowest BCUT2D eigenvalue weighted by molar-refractivity contribution is -0.144. The highest BCUT2D eigenvalue weighted by Gasteiger charge is 2.41. The third-order valence-electron chi connectivity index (χ3n) is 4.73. The summed E-state index contributed by atoms with van der Waals surface area (Å²) in [6, 6.07) is 2.72. The minimum Gasteiger partial charge on any atom is -0.406 e. The zero-order valence-electron chi connectivity index (χ0n) is 18.1. The first-order valence-electron chi connectivity index (χ1n) is 9.83. The zero-order valence-corrected chi connectivity index (χ0v) is 18.1. The quantitative estimate of drug-likeness (QED) is 0.340. The molecule has 0 bridgehead atoms. The number of nitrogens with zero attached hydrogens (tertiary/aromatic N) is 2. The fourth-order valence-electron chi connectivity index (χ4n) is 3.09.